The Balaban J connectivity index is 1.95. The average Bonchev–Trinajstić information content (AvgIpc) is 3.04. The van der Waals surface area contributed by atoms with E-state index in [9.17, 15) is 14.0 Å². The van der Waals surface area contributed by atoms with Gasteiger partial charge in [0, 0.05) is 11.1 Å². The minimum absolute atomic E-state index is 0.0993. The second-order valence-corrected chi connectivity index (χ2v) is 5.55. The second kappa shape index (κ2) is 6.79. The van der Waals surface area contributed by atoms with E-state index in [0.29, 0.717) is 22.2 Å². The number of rotatable bonds is 5. The zero-order chi connectivity index (χ0) is 18.8. The van der Waals surface area contributed by atoms with Gasteiger partial charge >= 0.3 is 11.9 Å². The van der Waals surface area contributed by atoms with Gasteiger partial charge in [-0.2, -0.15) is 0 Å². The number of nitrogens with zero attached hydrogens (tertiary/aromatic N) is 1. The maximum atomic E-state index is 14.2. The molecule has 0 saturated heterocycles. The first-order chi connectivity index (χ1) is 12.4. The first-order valence-electron chi connectivity index (χ1n) is 7.58. The zero-order valence-corrected chi connectivity index (χ0v) is 13.8. The zero-order valence-electron chi connectivity index (χ0n) is 13.8. The number of carboxylic acids is 1. The SMILES string of the molecule is C=C(C(=O)O)c1ccc(-c2nc3cc(CC(=O)OC)ccc3o2)cc1F. The number of carboxylic acid groups (broad SMARTS) is 1. The van der Waals surface area contributed by atoms with Gasteiger partial charge in [-0.25, -0.2) is 14.2 Å². The summed E-state index contributed by atoms with van der Waals surface area (Å²) in [5.41, 5.74) is 1.63. The number of ether oxygens (including phenoxy) is 1. The van der Waals surface area contributed by atoms with E-state index in [4.69, 9.17) is 9.52 Å². The number of fused-ring (bicyclic) bond motifs is 1. The quantitative estimate of drug-likeness (QED) is 0.557. The predicted molar refractivity (Wildman–Crippen MR) is 91.8 cm³/mol. The molecule has 0 amide bonds. The van der Waals surface area contributed by atoms with Crippen LogP contribution in [0.15, 0.2) is 47.4 Å². The van der Waals surface area contributed by atoms with Crippen LogP contribution in [0.4, 0.5) is 4.39 Å². The van der Waals surface area contributed by atoms with Crippen molar-refractivity contribution in [2.24, 2.45) is 0 Å². The van der Waals surface area contributed by atoms with Crippen molar-refractivity contribution in [3.8, 4) is 11.5 Å². The normalized spacial score (nSPS) is 10.7. The summed E-state index contributed by atoms with van der Waals surface area (Å²) in [5.74, 6) is -2.22. The van der Waals surface area contributed by atoms with Crippen LogP contribution >= 0.6 is 0 Å². The molecule has 132 valence electrons. The number of hydrogen-bond donors (Lipinski definition) is 1. The van der Waals surface area contributed by atoms with Crippen molar-refractivity contribution in [3.63, 3.8) is 0 Å². The molecule has 0 radical (unpaired) electrons. The summed E-state index contributed by atoms with van der Waals surface area (Å²) in [5, 5.41) is 8.92. The van der Waals surface area contributed by atoms with Crippen LogP contribution in [-0.2, 0) is 20.7 Å². The van der Waals surface area contributed by atoms with Crippen LogP contribution in [0.25, 0.3) is 28.1 Å². The smallest absolute Gasteiger partial charge is 0.335 e. The molecular formula is C19H14FNO5. The molecule has 0 aliphatic rings. The lowest BCUT2D eigenvalue weighted by molar-refractivity contribution is -0.139. The Labute approximate surface area is 147 Å². The fourth-order valence-corrected chi connectivity index (χ4v) is 2.45. The van der Waals surface area contributed by atoms with Crippen LogP contribution in [-0.4, -0.2) is 29.1 Å². The molecule has 1 N–H and O–H groups in total. The Morgan fingerprint density at radius 2 is 2.04 bits per heavy atom. The predicted octanol–water partition coefficient (Wildman–Crippen LogP) is 3.45. The second-order valence-electron chi connectivity index (χ2n) is 5.55. The Morgan fingerprint density at radius 1 is 1.27 bits per heavy atom. The summed E-state index contributed by atoms with van der Waals surface area (Å²) < 4.78 is 24.4. The number of hydrogen-bond acceptors (Lipinski definition) is 5. The topological polar surface area (TPSA) is 89.6 Å². The third-order valence-corrected chi connectivity index (χ3v) is 3.83. The van der Waals surface area contributed by atoms with Crippen LogP contribution in [0.2, 0.25) is 0 Å². The number of oxazole rings is 1. The fourth-order valence-electron chi connectivity index (χ4n) is 2.45. The molecule has 0 saturated carbocycles. The van der Waals surface area contributed by atoms with Crippen LogP contribution in [0.3, 0.4) is 0 Å². The summed E-state index contributed by atoms with van der Waals surface area (Å²) >= 11 is 0. The first-order valence-corrected chi connectivity index (χ1v) is 7.58. The summed E-state index contributed by atoms with van der Waals surface area (Å²) in [6.07, 6.45) is 0.106. The summed E-state index contributed by atoms with van der Waals surface area (Å²) in [4.78, 5) is 26.6. The van der Waals surface area contributed by atoms with Gasteiger partial charge in [0.1, 0.15) is 11.3 Å². The van der Waals surface area contributed by atoms with Crippen molar-refractivity contribution < 1.29 is 28.2 Å². The molecule has 6 nitrogen and oxygen atoms in total. The molecule has 0 atom stereocenters. The highest BCUT2D eigenvalue weighted by molar-refractivity contribution is 6.14. The van der Waals surface area contributed by atoms with Gasteiger partial charge in [0.15, 0.2) is 5.58 Å². The molecule has 0 unspecified atom stereocenters. The molecule has 7 heteroatoms. The molecule has 1 heterocycles. The van der Waals surface area contributed by atoms with E-state index >= 15 is 0 Å². The maximum absolute atomic E-state index is 14.2. The highest BCUT2D eigenvalue weighted by Crippen LogP contribution is 2.28. The fraction of sp³-hybridized carbons (Fsp3) is 0.105. The monoisotopic (exact) mass is 355 g/mol. The van der Waals surface area contributed by atoms with E-state index in [-0.39, 0.29) is 29.4 Å². The average molecular weight is 355 g/mol. The van der Waals surface area contributed by atoms with Gasteiger partial charge in [-0.3, -0.25) is 4.79 Å². The lowest BCUT2D eigenvalue weighted by atomic mass is 10.0. The standard InChI is InChI=1S/C19H14FNO5/c1-10(19(23)24)13-5-4-12(9-14(13)20)18-21-15-7-11(8-17(22)25-2)3-6-16(15)26-18/h3-7,9H,1,8H2,2H3,(H,23,24). The van der Waals surface area contributed by atoms with Crippen LogP contribution in [0.5, 0.6) is 0 Å². The van der Waals surface area contributed by atoms with Gasteiger partial charge < -0.3 is 14.3 Å². The van der Waals surface area contributed by atoms with Gasteiger partial charge in [0.05, 0.1) is 19.1 Å². The van der Waals surface area contributed by atoms with Crippen molar-refractivity contribution >= 4 is 28.6 Å². The number of aliphatic carboxylic acids is 1. The number of halogens is 1. The lowest BCUT2D eigenvalue weighted by Crippen LogP contribution is -2.04. The van der Waals surface area contributed by atoms with Crippen LogP contribution in [0.1, 0.15) is 11.1 Å². The van der Waals surface area contributed by atoms with Gasteiger partial charge in [0.2, 0.25) is 5.89 Å². The third kappa shape index (κ3) is 3.32. The molecule has 0 bridgehead atoms. The molecule has 0 fully saturated rings. The van der Waals surface area contributed by atoms with E-state index in [1.54, 1.807) is 18.2 Å². The summed E-state index contributed by atoms with van der Waals surface area (Å²) in [6, 6.07) is 9.04. The Kier molecular flexibility index (Phi) is 4.53. The number of methoxy groups -OCH3 is 1. The van der Waals surface area contributed by atoms with Crippen molar-refractivity contribution in [2.45, 2.75) is 6.42 Å². The molecule has 3 rings (SSSR count). The molecule has 1 aromatic heterocycles. The Bertz CT molecular complexity index is 1040. The van der Waals surface area contributed by atoms with Crippen LogP contribution in [0, 0.1) is 5.82 Å². The molecule has 0 aliphatic heterocycles. The number of esters is 1. The maximum Gasteiger partial charge on any atom is 0.335 e. The van der Waals surface area contributed by atoms with Gasteiger partial charge in [0.25, 0.3) is 0 Å². The van der Waals surface area contributed by atoms with Crippen LogP contribution < -0.4 is 0 Å². The summed E-state index contributed by atoms with van der Waals surface area (Å²) in [6.45, 7) is 3.35. The van der Waals surface area contributed by atoms with E-state index in [2.05, 4.69) is 16.3 Å². The van der Waals surface area contributed by atoms with Crippen molar-refractivity contribution in [1.82, 2.24) is 4.98 Å². The number of benzene rings is 2. The Morgan fingerprint density at radius 3 is 2.69 bits per heavy atom. The minimum Gasteiger partial charge on any atom is -0.478 e. The van der Waals surface area contributed by atoms with E-state index < -0.39 is 11.8 Å². The van der Waals surface area contributed by atoms with Gasteiger partial charge in [-0.15, -0.1) is 0 Å². The number of aromatic nitrogens is 1. The number of carbonyl (C=O) groups excluding carboxylic acids is 1. The van der Waals surface area contributed by atoms with E-state index in [1.165, 1.54) is 19.2 Å². The third-order valence-electron chi connectivity index (χ3n) is 3.83. The highest BCUT2D eigenvalue weighted by atomic mass is 19.1. The molecule has 3 aromatic rings. The first kappa shape index (κ1) is 17.3. The van der Waals surface area contributed by atoms with Gasteiger partial charge in [-0.05, 0) is 29.8 Å². The molecular weight excluding hydrogens is 341 g/mol. The molecule has 2 aromatic carbocycles. The van der Waals surface area contributed by atoms with Crippen molar-refractivity contribution in [3.05, 3.63) is 59.9 Å². The minimum atomic E-state index is -1.29. The molecule has 0 aliphatic carbocycles. The van der Waals surface area contributed by atoms with Gasteiger partial charge in [-0.1, -0.05) is 18.7 Å². The van der Waals surface area contributed by atoms with E-state index in [1.807, 2.05) is 0 Å². The van der Waals surface area contributed by atoms with E-state index in [0.717, 1.165) is 6.07 Å². The lowest BCUT2D eigenvalue weighted by Gasteiger charge is -2.03. The summed E-state index contributed by atoms with van der Waals surface area (Å²) in [7, 11) is 1.31. The molecule has 26 heavy (non-hydrogen) atoms. The highest BCUT2D eigenvalue weighted by Gasteiger charge is 2.16. The van der Waals surface area contributed by atoms with Crippen molar-refractivity contribution in [2.75, 3.05) is 7.11 Å². The molecule has 0 spiro atoms. The largest absolute Gasteiger partial charge is 0.478 e. The number of carbonyl (C=O) groups is 2. The van der Waals surface area contributed by atoms with Crippen molar-refractivity contribution in [1.29, 1.82) is 0 Å². The Hall–Kier alpha value is -3.48.